The van der Waals surface area contributed by atoms with Crippen LogP contribution in [0.1, 0.15) is 29.8 Å². The highest BCUT2D eigenvalue weighted by atomic mass is 15.3. The van der Waals surface area contributed by atoms with Crippen molar-refractivity contribution in [3.63, 3.8) is 0 Å². The third-order valence-corrected chi connectivity index (χ3v) is 3.01. The predicted molar refractivity (Wildman–Crippen MR) is 67.7 cm³/mol. The zero-order chi connectivity index (χ0) is 12.3. The normalized spacial score (nSPS) is 12.6. The lowest BCUT2D eigenvalue weighted by atomic mass is 10.0. The molecule has 0 saturated carbocycles. The Bertz CT molecular complexity index is 475. The van der Waals surface area contributed by atoms with E-state index in [1.807, 2.05) is 30.2 Å². The molecule has 1 N–H and O–H groups in total. The zero-order valence-corrected chi connectivity index (χ0v) is 10.5. The van der Waals surface area contributed by atoms with Crippen LogP contribution in [0.5, 0.6) is 0 Å². The molecule has 0 aliphatic heterocycles. The molecular weight excluding hydrogens is 212 g/mol. The monoisotopic (exact) mass is 230 g/mol. The SMILES string of the molecule is CCNC(c1cccnc1)c1cnn(C)c1C. The van der Waals surface area contributed by atoms with Gasteiger partial charge < -0.3 is 5.32 Å². The number of hydrogen-bond donors (Lipinski definition) is 1. The first-order valence-electron chi connectivity index (χ1n) is 5.85. The van der Waals surface area contributed by atoms with E-state index in [-0.39, 0.29) is 6.04 Å². The predicted octanol–water partition coefficient (Wildman–Crippen LogP) is 1.82. The average molecular weight is 230 g/mol. The van der Waals surface area contributed by atoms with Gasteiger partial charge in [-0.25, -0.2) is 0 Å². The van der Waals surface area contributed by atoms with E-state index in [1.165, 1.54) is 16.8 Å². The van der Waals surface area contributed by atoms with Crippen LogP contribution in [0.2, 0.25) is 0 Å². The molecule has 0 spiro atoms. The van der Waals surface area contributed by atoms with Crippen LogP contribution in [0.25, 0.3) is 0 Å². The lowest BCUT2D eigenvalue weighted by Crippen LogP contribution is -2.22. The van der Waals surface area contributed by atoms with Gasteiger partial charge in [-0.2, -0.15) is 5.10 Å². The van der Waals surface area contributed by atoms with E-state index in [9.17, 15) is 0 Å². The molecule has 1 atom stereocenters. The summed E-state index contributed by atoms with van der Waals surface area (Å²) in [4.78, 5) is 4.18. The van der Waals surface area contributed by atoms with E-state index < -0.39 is 0 Å². The van der Waals surface area contributed by atoms with Gasteiger partial charge in [0.2, 0.25) is 0 Å². The summed E-state index contributed by atoms with van der Waals surface area (Å²) in [5, 5.41) is 7.78. The van der Waals surface area contributed by atoms with Crippen molar-refractivity contribution in [3.8, 4) is 0 Å². The lowest BCUT2D eigenvalue weighted by Gasteiger charge is -2.17. The summed E-state index contributed by atoms with van der Waals surface area (Å²) in [5.74, 6) is 0. The molecule has 4 heteroatoms. The molecule has 4 nitrogen and oxygen atoms in total. The second kappa shape index (κ2) is 5.10. The highest BCUT2D eigenvalue weighted by Gasteiger charge is 2.17. The second-order valence-electron chi connectivity index (χ2n) is 4.09. The van der Waals surface area contributed by atoms with Gasteiger partial charge >= 0.3 is 0 Å². The summed E-state index contributed by atoms with van der Waals surface area (Å²) in [6, 6.07) is 4.22. The van der Waals surface area contributed by atoms with Gasteiger partial charge in [-0.1, -0.05) is 13.0 Å². The number of aryl methyl sites for hydroxylation is 1. The fourth-order valence-corrected chi connectivity index (χ4v) is 1.96. The van der Waals surface area contributed by atoms with Crippen molar-refractivity contribution in [2.75, 3.05) is 6.54 Å². The molecule has 0 aromatic carbocycles. The molecule has 90 valence electrons. The van der Waals surface area contributed by atoms with E-state index in [0.29, 0.717) is 0 Å². The van der Waals surface area contributed by atoms with Crippen LogP contribution in [0.4, 0.5) is 0 Å². The largest absolute Gasteiger partial charge is 0.306 e. The molecule has 2 aromatic rings. The molecular formula is C13H18N4. The summed E-state index contributed by atoms with van der Waals surface area (Å²) in [6.07, 6.45) is 5.62. The molecule has 2 aromatic heterocycles. The Morgan fingerprint density at radius 2 is 2.24 bits per heavy atom. The highest BCUT2D eigenvalue weighted by molar-refractivity contribution is 5.31. The smallest absolute Gasteiger partial charge is 0.0625 e. The first-order chi connectivity index (χ1) is 8.24. The van der Waals surface area contributed by atoms with E-state index in [0.717, 1.165) is 6.54 Å². The number of aromatic nitrogens is 3. The Labute approximate surface area is 102 Å². The van der Waals surface area contributed by atoms with Gasteiger partial charge in [0, 0.05) is 30.7 Å². The molecule has 0 aliphatic rings. The third kappa shape index (κ3) is 2.36. The number of nitrogens with zero attached hydrogens (tertiary/aromatic N) is 3. The molecule has 0 aliphatic carbocycles. The van der Waals surface area contributed by atoms with Gasteiger partial charge in [-0.15, -0.1) is 0 Å². The fraction of sp³-hybridized carbons (Fsp3) is 0.385. The van der Waals surface area contributed by atoms with Crippen LogP contribution in [-0.4, -0.2) is 21.3 Å². The molecule has 2 heterocycles. The fourth-order valence-electron chi connectivity index (χ4n) is 1.96. The van der Waals surface area contributed by atoms with E-state index in [1.54, 1.807) is 6.20 Å². The maximum Gasteiger partial charge on any atom is 0.0625 e. The number of nitrogens with one attached hydrogen (secondary N) is 1. The zero-order valence-electron chi connectivity index (χ0n) is 10.5. The summed E-state index contributed by atoms with van der Waals surface area (Å²) in [7, 11) is 1.96. The van der Waals surface area contributed by atoms with Gasteiger partial charge in [0.1, 0.15) is 0 Å². The molecule has 17 heavy (non-hydrogen) atoms. The third-order valence-electron chi connectivity index (χ3n) is 3.01. The Morgan fingerprint density at radius 1 is 1.41 bits per heavy atom. The van der Waals surface area contributed by atoms with Crippen molar-refractivity contribution in [1.82, 2.24) is 20.1 Å². The van der Waals surface area contributed by atoms with Gasteiger partial charge in [-0.3, -0.25) is 9.67 Å². The number of rotatable bonds is 4. The minimum atomic E-state index is 0.169. The quantitative estimate of drug-likeness (QED) is 0.871. The Morgan fingerprint density at radius 3 is 2.76 bits per heavy atom. The van der Waals surface area contributed by atoms with Gasteiger partial charge in [0.05, 0.1) is 12.2 Å². The van der Waals surface area contributed by atoms with Crippen molar-refractivity contribution in [1.29, 1.82) is 0 Å². The van der Waals surface area contributed by atoms with Crippen molar-refractivity contribution in [3.05, 3.63) is 47.5 Å². The minimum absolute atomic E-state index is 0.169. The van der Waals surface area contributed by atoms with Crippen LogP contribution >= 0.6 is 0 Å². The highest BCUT2D eigenvalue weighted by Crippen LogP contribution is 2.23. The summed E-state index contributed by atoms with van der Waals surface area (Å²) >= 11 is 0. The van der Waals surface area contributed by atoms with Crippen molar-refractivity contribution >= 4 is 0 Å². The van der Waals surface area contributed by atoms with Crippen molar-refractivity contribution < 1.29 is 0 Å². The standard InChI is InChI=1S/C13H18N4/c1-4-15-13(11-6-5-7-14-8-11)12-9-16-17(3)10(12)2/h5-9,13,15H,4H2,1-3H3. The van der Waals surface area contributed by atoms with E-state index >= 15 is 0 Å². The second-order valence-corrected chi connectivity index (χ2v) is 4.09. The summed E-state index contributed by atoms with van der Waals surface area (Å²) in [6.45, 7) is 5.10. The van der Waals surface area contributed by atoms with Crippen molar-refractivity contribution in [2.45, 2.75) is 19.9 Å². The van der Waals surface area contributed by atoms with Crippen molar-refractivity contribution in [2.24, 2.45) is 7.05 Å². The average Bonchev–Trinajstić information content (AvgIpc) is 2.69. The van der Waals surface area contributed by atoms with Crippen LogP contribution in [-0.2, 0) is 7.05 Å². The maximum atomic E-state index is 4.30. The van der Waals surface area contributed by atoms with Gasteiger partial charge in [0.25, 0.3) is 0 Å². The summed E-state index contributed by atoms with van der Waals surface area (Å²) < 4.78 is 1.90. The minimum Gasteiger partial charge on any atom is -0.306 e. The van der Waals surface area contributed by atoms with Gasteiger partial charge in [0.15, 0.2) is 0 Å². The Kier molecular flexibility index (Phi) is 3.54. The van der Waals surface area contributed by atoms with Crippen LogP contribution in [0.3, 0.4) is 0 Å². The van der Waals surface area contributed by atoms with E-state index in [4.69, 9.17) is 0 Å². The first kappa shape index (κ1) is 11.8. The molecule has 1 unspecified atom stereocenters. The topological polar surface area (TPSA) is 42.7 Å². The Balaban J connectivity index is 2.39. The number of pyridine rings is 1. The molecule has 0 fully saturated rings. The Hall–Kier alpha value is -1.68. The summed E-state index contributed by atoms with van der Waals surface area (Å²) in [5.41, 5.74) is 3.56. The van der Waals surface area contributed by atoms with Gasteiger partial charge in [-0.05, 0) is 25.1 Å². The first-order valence-corrected chi connectivity index (χ1v) is 5.85. The number of hydrogen-bond acceptors (Lipinski definition) is 3. The maximum absolute atomic E-state index is 4.30. The molecule has 0 saturated heterocycles. The van der Waals surface area contributed by atoms with E-state index in [2.05, 4.69) is 35.3 Å². The lowest BCUT2D eigenvalue weighted by molar-refractivity contribution is 0.623. The molecule has 2 rings (SSSR count). The van der Waals surface area contributed by atoms with Crippen LogP contribution in [0.15, 0.2) is 30.7 Å². The van der Waals surface area contributed by atoms with Crippen LogP contribution < -0.4 is 5.32 Å². The molecule has 0 bridgehead atoms. The molecule has 0 radical (unpaired) electrons. The molecule has 0 amide bonds. The van der Waals surface area contributed by atoms with Crippen LogP contribution in [0, 0.1) is 6.92 Å².